The molecule has 0 aliphatic carbocycles. The van der Waals surface area contributed by atoms with Crippen LogP contribution in [0, 0.1) is 10.8 Å². The van der Waals surface area contributed by atoms with Crippen molar-refractivity contribution in [2.45, 2.75) is 20.3 Å². The number of hydrogen-bond donors (Lipinski definition) is 2. The van der Waals surface area contributed by atoms with E-state index in [0.717, 1.165) is 0 Å². The molecule has 18 heavy (non-hydrogen) atoms. The Kier molecular flexibility index (Phi) is 5.14. The molecule has 100 valence electrons. The Morgan fingerprint density at radius 3 is 2.33 bits per heavy atom. The van der Waals surface area contributed by atoms with Gasteiger partial charge in [0.15, 0.2) is 0 Å². The molecule has 0 radical (unpaired) electrons. The van der Waals surface area contributed by atoms with Crippen LogP contribution in [0.25, 0.3) is 0 Å². The Bertz CT molecular complexity index is 461. The summed E-state index contributed by atoms with van der Waals surface area (Å²) in [7, 11) is 0. The Morgan fingerprint density at radius 1 is 1.22 bits per heavy atom. The average molecular weight is 310 g/mol. The first kappa shape index (κ1) is 15.4. The smallest absolute Gasteiger partial charge is 0.139 e. The molecular weight excluding hydrogens is 295 g/mol. The quantitative estimate of drug-likeness (QED) is 0.482. The molecule has 0 saturated heterocycles. The van der Waals surface area contributed by atoms with Gasteiger partial charge in [-0.3, -0.25) is 5.41 Å². The summed E-state index contributed by atoms with van der Waals surface area (Å²) in [5.74, 6) is 0.608. The Labute approximate surface area is 122 Å². The van der Waals surface area contributed by atoms with Crippen LogP contribution in [-0.2, 0) is 0 Å². The van der Waals surface area contributed by atoms with Gasteiger partial charge in [-0.2, -0.15) is 0 Å². The van der Waals surface area contributed by atoms with E-state index >= 15 is 0 Å². The first-order valence-corrected chi connectivity index (χ1v) is 6.49. The predicted molar refractivity (Wildman–Crippen MR) is 77.3 cm³/mol. The molecule has 0 spiro atoms. The molecule has 0 bridgehead atoms. The van der Waals surface area contributed by atoms with E-state index in [-0.39, 0.29) is 5.84 Å². The third-order valence-electron chi connectivity index (χ3n) is 2.69. The maximum atomic E-state index is 7.44. The second-order valence-corrected chi connectivity index (χ2v) is 5.81. The van der Waals surface area contributed by atoms with Gasteiger partial charge in [0, 0.05) is 11.5 Å². The molecule has 0 aromatic heterocycles. The van der Waals surface area contributed by atoms with Gasteiger partial charge in [0.1, 0.15) is 5.75 Å². The number of benzene rings is 1. The monoisotopic (exact) mass is 308 g/mol. The number of hydrogen-bond acceptors (Lipinski definition) is 2. The minimum absolute atomic E-state index is 0.131. The van der Waals surface area contributed by atoms with Crippen molar-refractivity contribution < 1.29 is 4.74 Å². The molecule has 1 rings (SSSR count). The van der Waals surface area contributed by atoms with Crippen LogP contribution < -0.4 is 10.5 Å². The largest absolute Gasteiger partial charge is 0.492 e. The standard InChI is InChI=1S/C12H15Cl3N2O/c1-12(2,11(16)17)3-4-18-10-6-8(14)7(13)5-9(10)15/h5-6H,3-4H2,1-2H3,(H3,16,17). The van der Waals surface area contributed by atoms with Gasteiger partial charge in [-0.05, 0) is 12.5 Å². The van der Waals surface area contributed by atoms with Gasteiger partial charge in [-0.15, -0.1) is 0 Å². The van der Waals surface area contributed by atoms with Crippen LogP contribution in [0.1, 0.15) is 20.3 Å². The highest BCUT2D eigenvalue weighted by atomic mass is 35.5. The normalized spacial score (nSPS) is 11.4. The van der Waals surface area contributed by atoms with Gasteiger partial charge in [-0.25, -0.2) is 0 Å². The van der Waals surface area contributed by atoms with E-state index in [9.17, 15) is 0 Å². The van der Waals surface area contributed by atoms with Crippen molar-refractivity contribution in [3.8, 4) is 5.75 Å². The third-order valence-corrected chi connectivity index (χ3v) is 3.71. The van der Waals surface area contributed by atoms with Crippen molar-refractivity contribution in [2.75, 3.05) is 6.61 Å². The fraction of sp³-hybridized carbons (Fsp3) is 0.417. The van der Waals surface area contributed by atoms with E-state index < -0.39 is 5.41 Å². The molecule has 0 saturated carbocycles. The maximum absolute atomic E-state index is 7.44. The first-order chi connectivity index (χ1) is 8.24. The molecule has 0 fully saturated rings. The van der Waals surface area contributed by atoms with Gasteiger partial charge < -0.3 is 10.5 Å². The van der Waals surface area contributed by atoms with Gasteiger partial charge in [0.25, 0.3) is 0 Å². The van der Waals surface area contributed by atoms with Gasteiger partial charge in [0.2, 0.25) is 0 Å². The van der Waals surface area contributed by atoms with E-state index in [0.29, 0.717) is 33.8 Å². The molecule has 1 aromatic rings. The van der Waals surface area contributed by atoms with Crippen LogP contribution in [-0.4, -0.2) is 12.4 Å². The van der Waals surface area contributed by atoms with Crippen molar-refractivity contribution in [3.05, 3.63) is 27.2 Å². The van der Waals surface area contributed by atoms with Crippen LogP contribution in [0.5, 0.6) is 5.75 Å². The summed E-state index contributed by atoms with van der Waals surface area (Å²) in [4.78, 5) is 0. The predicted octanol–water partition coefficient (Wildman–Crippen LogP) is 4.38. The highest BCUT2D eigenvalue weighted by Gasteiger charge is 2.21. The Morgan fingerprint density at radius 2 is 1.78 bits per heavy atom. The molecule has 0 aliphatic rings. The van der Waals surface area contributed by atoms with Crippen molar-refractivity contribution in [2.24, 2.45) is 11.1 Å². The van der Waals surface area contributed by atoms with Crippen LogP contribution in [0.15, 0.2) is 12.1 Å². The van der Waals surface area contributed by atoms with E-state index in [2.05, 4.69) is 0 Å². The molecule has 1 aromatic carbocycles. The van der Waals surface area contributed by atoms with Gasteiger partial charge in [-0.1, -0.05) is 48.7 Å². The Hall–Kier alpha value is -0.640. The summed E-state index contributed by atoms with van der Waals surface area (Å²) in [5.41, 5.74) is 5.09. The van der Waals surface area contributed by atoms with Gasteiger partial charge >= 0.3 is 0 Å². The van der Waals surface area contributed by atoms with Crippen molar-refractivity contribution in [3.63, 3.8) is 0 Å². The first-order valence-electron chi connectivity index (χ1n) is 5.36. The number of ether oxygens (including phenoxy) is 1. The van der Waals surface area contributed by atoms with Crippen molar-refractivity contribution in [1.82, 2.24) is 0 Å². The van der Waals surface area contributed by atoms with Crippen LogP contribution in [0.2, 0.25) is 15.1 Å². The fourth-order valence-electron chi connectivity index (χ4n) is 1.17. The topological polar surface area (TPSA) is 59.1 Å². The average Bonchev–Trinajstić information content (AvgIpc) is 2.25. The number of halogens is 3. The Balaban J connectivity index is 2.65. The van der Waals surface area contributed by atoms with E-state index in [1.165, 1.54) is 6.07 Å². The van der Waals surface area contributed by atoms with Crippen LogP contribution in [0.4, 0.5) is 0 Å². The van der Waals surface area contributed by atoms with Crippen molar-refractivity contribution >= 4 is 40.6 Å². The zero-order valence-electron chi connectivity index (χ0n) is 10.2. The number of nitrogens with two attached hydrogens (primary N) is 1. The van der Waals surface area contributed by atoms with Gasteiger partial charge in [0.05, 0.1) is 27.5 Å². The lowest BCUT2D eigenvalue weighted by Crippen LogP contribution is -2.32. The molecule has 0 aliphatic heterocycles. The summed E-state index contributed by atoms with van der Waals surface area (Å²) >= 11 is 17.7. The van der Waals surface area contributed by atoms with Crippen LogP contribution >= 0.6 is 34.8 Å². The van der Waals surface area contributed by atoms with E-state index in [1.54, 1.807) is 6.07 Å². The SMILES string of the molecule is CC(C)(CCOc1cc(Cl)c(Cl)cc1Cl)C(=N)N. The van der Waals surface area contributed by atoms with E-state index in [4.69, 9.17) is 50.7 Å². The molecule has 0 unspecified atom stereocenters. The lowest BCUT2D eigenvalue weighted by Gasteiger charge is -2.22. The molecule has 3 nitrogen and oxygen atoms in total. The lowest BCUT2D eigenvalue weighted by atomic mass is 9.88. The van der Waals surface area contributed by atoms with E-state index in [1.807, 2.05) is 13.8 Å². The summed E-state index contributed by atoms with van der Waals surface area (Å²) in [6.45, 7) is 4.16. The molecule has 6 heteroatoms. The number of rotatable bonds is 5. The zero-order chi connectivity index (χ0) is 13.9. The summed E-state index contributed by atoms with van der Waals surface area (Å²) in [5, 5.41) is 8.63. The molecule has 3 N–H and O–H groups in total. The highest BCUT2D eigenvalue weighted by molar-refractivity contribution is 6.43. The zero-order valence-corrected chi connectivity index (χ0v) is 12.5. The highest BCUT2D eigenvalue weighted by Crippen LogP contribution is 2.34. The summed E-state index contributed by atoms with van der Waals surface area (Å²) in [6.07, 6.45) is 0.610. The molecule has 0 amide bonds. The second-order valence-electron chi connectivity index (χ2n) is 4.59. The van der Waals surface area contributed by atoms with Crippen molar-refractivity contribution in [1.29, 1.82) is 5.41 Å². The summed E-state index contributed by atoms with van der Waals surface area (Å²) < 4.78 is 5.53. The fourth-order valence-corrected chi connectivity index (χ4v) is 1.76. The molecular formula is C12H15Cl3N2O. The molecule has 0 heterocycles. The number of amidine groups is 1. The third kappa shape index (κ3) is 3.94. The van der Waals surface area contributed by atoms with Crippen LogP contribution in [0.3, 0.4) is 0 Å². The maximum Gasteiger partial charge on any atom is 0.139 e. The minimum Gasteiger partial charge on any atom is -0.492 e. The lowest BCUT2D eigenvalue weighted by molar-refractivity contribution is 0.269. The minimum atomic E-state index is -0.400. The second kappa shape index (κ2) is 6.00. The molecule has 0 atom stereocenters. The number of nitrogens with one attached hydrogen (secondary N) is 1. The summed E-state index contributed by atoms with van der Waals surface area (Å²) in [6, 6.07) is 3.11.